The molecule has 3 aromatic rings. The van der Waals surface area contributed by atoms with E-state index in [0.717, 1.165) is 24.2 Å². The van der Waals surface area contributed by atoms with Crippen LogP contribution in [0, 0.1) is 13.8 Å². The number of benzene rings is 1. The van der Waals surface area contributed by atoms with Gasteiger partial charge in [0, 0.05) is 11.6 Å². The Labute approximate surface area is 161 Å². The van der Waals surface area contributed by atoms with Crippen LogP contribution in [-0.2, 0) is 0 Å². The van der Waals surface area contributed by atoms with E-state index in [4.69, 9.17) is 11.6 Å². The maximum absolute atomic E-state index is 12.3. The number of hydrogen-bond donors (Lipinski definition) is 1. The summed E-state index contributed by atoms with van der Waals surface area (Å²) in [6.45, 7) is 6.53. The highest BCUT2D eigenvalue weighted by Gasteiger charge is 2.20. The standard InChI is InChI=1S/C18H20ClN5OS/c1-4-5-9-20-17(25)16-11(2)21-18(26-16)15-12(3)24(23-22-15)14-8-6-7-13(19)10-14/h6-8,10H,4-5,9H2,1-3H3,(H,20,25). The van der Waals surface area contributed by atoms with Gasteiger partial charge in [-0.1, -0.05) is 36.2 Å². The van der Waals surface area contributed by atoms with E-state index in [0.29, 0.717) is 32.8 Å². The lowest BCUT2D eigenvalue weighted by Gasteiger charge is -2.03. The van der Waals surface area contributed by atoms with Crippen molar-refractivity contribution in [2.75, 3.05) is 6.54 Å². The summed E-state index contributed by atoms with van der Waals surface area (Å²) in [6.07, 6.45) is 2.00. The number of halogens is 1. The number of rotatable bonds is 6. The van der Waals surface area contributed by atoms with E-state index < -0.39 is 0 Å². The predicted octanol–water partition coefficient (Wildman–Crippen LogP) is 4.19. The monoisotopic (exact) mass is 389 g/mol. The van der Waals surface area contributed by atoms with Crippen LogP contribution in [0.25, 0.3) is 16.4 Å². The third-order valence-corrected chi connectivity index (χ3v) is 5.37. The molecular formula is C18H20ClN5OS. The molecule has 26 heavy (non-hydrogen) atoms. The minimum atomic E-state index is -0.0837. The van der Waals surface area contributed by atoms with Crippen molar-refractivity contribution in [1.29, 1.82) is 0 Å². The largest absolute Gasteiger partial charge is 0.351 e. The summed E-state index contributed by atoms with van der Waals surface area (Å²) in [7, 11) is 0. The smallest absolute Gasteiger partial charge is 0.263 e. The molecule has 0 saturated carbocycles. The first kappa shape index (κ1) is 18.5. The van der Waals surface area contributed by atoms with Crippen LogP contribution in [0.15, 0.2) is 24.3 Å². The van der Waals surface area contributed by atoms with Crippen LogP contribution in [-0.4, -0.2) is 32.4 Å². The Bertz CT molecular complexity index is 934. The fraction of sp³-hybridized carbons (Fsp3) is 0.333. The average molecular weight is 390 g/mol. The molecule has 0 atom stereocenters. The van der Waals surface area contributed by atoms with Gasteiger partial charge in [0.15, 0.2) is 0 Å². The zero-order chi connectivity index (χ0) is 18.7. The lowest BCUT2D eigenvalue weighted by Crippen LogP contribution is -2.24. The molecule has 0 spiro atoms. The zero-order valence-electron chi connectivity index (χ0n) is 14.9. The molecule has 3 rings (SSSR count). The minimum Gasteiger partial charge on any atom is -0.351 e. The summed E-state index contributed by atoms with van der Waals surface area (Å²) in [4.78, 5) is 17.5. The molecule has 8 heteroatoms. The van der Waals surface area contributed by atoms with Crippen LogP contribution in [0.2, 0.25) is 5.02 Å². The molecule has 2 aromatic heterocycles. The van der Waals surface area contributed by atoms with Crippen molar-refractivity contribution in [2.45, 2.75) is 33.6 Å². The number of hydrogen-bond acceptors (Lipinski definition) is 5. The molecule has 0 aliphatic heterocycles. The summed E-state index contributed by atoms with van der Waals surface area (Å²) < 4.78 is 1.72. The summed E-state index contributed by atoms with van der Waals surface area (Å²) in [6, 6.07) is 7.42. The van der Waals surface area contributed by atoms with E-state index in [9.17, 15) is 4.79 Å². The topological polar surface area (TPSA) is 72.7 Å². The Morgan fingerprint density at radius 2 is 2.15 bits per heavy atom. The number of aryl methyl sites for hydroxylation is 1. The van der Waals surface area contributed by atoms with Gasteiger partial charge in [-0.25, -0.2) is 9.67 Å². The molecule has 6 nitrogen and oxygen atoms in total. The second-order valence-electron chi connectivity index (χ2n) is 5.96. The van der Waals surface area contributed by atoms with Crippen molar-refractivity contribution in [1.82, 2.24) is 25.3 Å². The van der Waals surface area contributed by atoms with Crippen LogP contribution in [0.5, 0.6) is 0 Å². The molecule has 0 aliphatic carbocycles. The molecule has 0 bridgehead atoms. The Morgan fingerprint density at radius 1 is 1.35 bits per heavy atom. The maximum Gasteiger partial charge on any atom is 0.263 e. The molecule has 0 radical (unpaired) electrons. The van der Waals surface area contributed by atoms with Crippen molar-refractivity contribution < 1.29 is 4.79 Å². The van der Waals surface area contributed by atoms with Crippen molar-refractivity contribution in [3.63, 3.8) is 0 Å². The van der Waals surface area contributed by atoms with Crippen LogP contribution < -0.4 is 5.32 Å². The van der Waals surface area contributed by atoms with Gasteiger partial charge in [0.2, 0.25) is 0 Å². The van der Waals surface area contributed by atoms with E-state index in [2.05, 4.69) is 27.5 Å². The normalized spacial score (nSPS) is 10.9. The first-order chi connectivity index (χ1) is 12.5. The SMILES string of the molecule is CCCCNC(=O)c1sc(-c2nnn(-c3cccc(Cl)c3)c2C)nc1C. The molecule has 1 amide bonds. The van der Waals surface area contributed by atoms with E-state index >= 15 is 0 Å². The first-order valence-corrected chi connectivity index (χ1v) is 9.65. The zero-order valence-corrected chi connectivity index (χ0v) is 16.5. The first-order valence-electron chi connectivity index (χ1n) is 8.45. The fourth-order valence-corrected chi connectivity index (χ4v) is 3.75. The van der Waals surface area contributed by atoms with Gasteiger partial charge >= 0.3 is 0 Å². The molecule has 0 aliphatic rings. The molecular weight excluding hydrogens is 370 g/mol. The van der Waals surface area contributed by atoms with Crippen LogP contribution in [0.1, 0.15) is 40.8 Å². The molecule has 0 unspecified atom stereocenters. The van der Waals surface area contributed by atoms with Gasteiger partial charge in [-0.2, -0.15) is 0 Å². The Balaban J connectivity index is 1.89. The second kappa shape index (κ2) is 7.97. The number of carbonyl (C=O) groups excluding carboxylic acids is 1. The Kier molecular flexibility index (Phi) is 5.68. The Morgan fingerprint density at radius 3 is 2.88 bits per heavy atom. The molecule has 1 aromatic carbocycles. The lowest BCUT2D eigenvalue weighted by molar-refractivity contribution is 0.0956. The lowest BCUT2D eigenvalue weighted by atomic mass is 10.3. The van der Waals surface area contributed by atoms with Crippen molar-refractivity contribution in [3.05, 3.63) is 45.6 Å². The van der Waals surface area contributed by atoms with E-state index in [-0.39, 0.29) is 5.91 Å². The number of carbonyl (C=O) groups is 1. The number of thiazole rings is 1. The van der Waals surface area contributed by atoms with Crippen LogP contribution in [0.4, 0.5) is 0 Å². The van der Waals surface area contributed by atoms with E-state index in [1.54, 1.807) is 4.68 Å². The molecule has 0 fully saturated rings. The maximum atomic E-state index is 12.3. The number of amides is 1. The fourth-order valence-electron chi connectivity index (χ4n) is 2.55. The number of unbranched alkanes of at least 4 members (excludes halogenated alkanes) is 1. The van der Waals surface area contributed by atoms with Crippen molar-refractivity contribution in [3.8, 4) is 16.4 Å². The summed E-state index contributed by atoms with van der Waals surface area (Å²) in [5.74, 6) is -0.0837. The van der Waals surface area contributed by atoms with Gasteiger partial charge < -0.3 is 5.32 Å². The van der Waals surface area contributed by atoms with Gasteiger partial charge in [-0.15, -0.1) is 16.4 Å². The summed E-state index contributed by atoms with van der Waals surface area (Å²) in [5, 5.41) is 12.7. The van der Waals surface area contributed by atoms with Gasteiger partial charge in [0.1, 0.15) is 15.6 Å². The third-order valence-electron chi connectivity index (χ3n) is 3.97. The molecule has 1 N–H and O–H groups in total. The van der Waals surface area contributed by atoms with Crippen molar-refractivity contribution in [2.24, 2.45) is 0 Å². The second-order valence-corrected chi connectivity index (χ2v) is 7.39. The number of nitrogens with one attached hydrogen (secondary N) is 1. The highest BCUT2D eigenvalue weighted by molar-refractivity contribution is 7.17. The van der Waals surface area contributed by atoms with E-state index in [1.807, 2.05) is 38.1 Å². The van der Waals surface area contributed by atoms with Crippen LogP contribution in [0.3, 0.4) is 0 Å². The van der Waals surface area contributed by atoms with Gasteiger partial charge in [0.25, 0.3) is 5.91 Å². The Hall–Kier alpha value is -2.25. The summed E-state index contributed by atoms with van der Waals surface area (Å²) in [5.41, 5.74) is 3.06. The third kappa shape index (κ3) is 3.78. The van der Waals surface area contributed by atoms with Gasteiger partial charge in [0.05, 0.1) is 17.1 Å². The highest BCUT2D eigenvalue weighted by Crippen LogP contribution is 2.29. The highest BCUT2D eigenvalue weighted by atomic mass is 35.5. The summed E-state index contributed by atoms with van der Waals surface area (Å²) >= 11 is 7.41. The molecule has 2 heterocycles. The van der Waals surface area contributed by atoms with Crippen LogP contribution >= 0.6 is 22.9 Å². The van der Waals surface area contributed by atoms with E-state index in [1.165, 1.54) is 11.3 Å². The predicted molar refractivity (Wildman–Crippen MR) is 104 cm³/mol. The average Bonchev–Trinajstić information content (AvgIpc) is 3.18. The quantitative estimate of drug-likeness (QED) is 0.641. The number of nitrogens with zero attached hydrogens (tertiary/aromatic N) is 4. The molecule has 0 saturated heterocycles. The van der Waals surface area contributed by atoms with Gasteiger partial charge in [-0.3, -0.25) is 4.79 Å². The van der Waals surface area contributed by atoms with Crippen molar-refractivity contribution >= 4 is 28.8 Å². The molecule has 136 valence electrons. The van der Waals surface area contributed by atoms with Gasteiger partial charge in [-0.05, 0) is 38.5 Å². The minimum absolute atomic E-state index is 0.0837. The number of aromatic nitrogens is 4.